The number of hydrogen-bond acceptors (Lipinski definition) is 2. The highest BCUT2D eigenvalue weighted by atomic mass is 19.1. The second-order valence-corrected chi connectivity index (χ2v) is 5.30. The summed E-state index contributed by atoms with van der Waals surface area (Å²) in [6.45, 7) is 1.76. The normalized spacial score (nSPS) is 15.6. The fraction of sp³-hybridized carbons (Fsp3) is 0.375. The second kappa shape index (κ2) is 6.52. The SMILES string of the molecule is CC(C(=O)N[C@@H](C(N)=O)c1ccc(F)cc1)=C1CCCC1. The molecule has 0 aliphatic heterocycles. The molecule has 1 aliphatic carbocycles. The van der Waals surface area contributed by atoms with Gasteiger partial charge < -0.3 is 11.1 Å². The van der Waals surface area contributed by atoms with Crippen molar-refractivity contribution in [2.24, 2.45) is 5.73 Å². The Morgan fingerprint density at radius 1 is 1.19 bits per heavy atom. The average Bonchev–Trinajstić information content (AvgIpc) is 2.98. The van der Waals surface area contributed by atoms with Crippen molar-refractivity contribution in [3.8, 4) is 0 Å². The summed E-state index contributed by atoms with van der Waals surface area (Å²) < 4.78 is 12.9. The molecule has 2 rings (SSSR count). The molecule has 1 fully saturated rings. The van der Waals surface area contributed by atoms with Gasteiger partial charge in [-0.3, -0.25) is 9.59 Å². The topological polar surface area (TPSA) is 72.2 Å². The summed E-state index contributed by atoms with van der Waals surface area (Å²) in [4.78, 5) is 23.8. The van der Waals surface area contributed by atoms with Gasteiger partial charge in [-0.2, -0.15) is 0 Å². The zero-order valence-electron chi connectivity index (χ0n) is 12.0. The van der Waals surface area contributed by atoms with Crippen LogP contribution < -0.4 is 11.1 Å². The van der Waals surface area contributed by atoms with Crippen LogP contribution in [0.5, 0.6) is 0 Å². The van der Waals surface area contributed by atoms with Gasteiger partial charge in [0.25, 0.3) is 0 Å². The first-order chi connectivity index (χ1) is 9.99. The number of primary amides is 1. The van der Waals surface area contributed by atoms with Crippen molar-refractivity contribution in [3.05, 3.63) is 46.8 Å². The van der Waals surface area contributed by atoms with Crippen LogP contribution in [-0.2, 0) is 9.59 Å². The summed E-state index contributed by atoms with van der Waals surface area (Å²) in [5, 5.41) is 2.64. The number of nitrogens with one attached hydrogen (secondary N) is 1. The van der Waals surface area contributed by atoms with Gasteiger partial charge in [0.05, 0.1) is 0 Å². The monoisotopic (exact) mass is 290 g/mol. The van der Waals surface area contributed by atoms with Crippen LogP contribution in [0.1, 0.15) is 44.2 Å². The highest BCUT2D eigenvalue weighted by Crippen LogP contribution is 2.27. The van der Waals surface area contributed by atoms with Gasteiger partial charge in [0.15, 0.2) is 0 Å². The van der Waals surface area contributed by atoms with Crippen molar-refractivity contribution < 1.29 is 14.0 Å². The van der Waals surface area contributed by atoms with E-state index in [1.54, 1.807) is 6.92 Å². The fourth-order valence-corrected chi connectivity index (χ4v) is 2.55. The van der Waals surface area contributed by atoms with E-state index in [0.29, 0.717) is 11.1 Å². The molecule has 0 spiro atoms. The summed E-state index contributed by atoms with van der Waals surface area (Å²) in [6.07, 6.45) is 4.04. The Morgan fingerprint density at radius 3 is 2.29 bits per heavy atom. The third kappa shape index (κ3) is 3.68. The molecule has 1 saturated carbocycles. The van der Waals surface area contributed by atoms with Gasteiger partial charge in [0.1, 0.15) is 11.9 Å². The molecule has 0 bridgehead atoms. The molecule has 2 amide bonds. The van der Waals surface area contributed by atoms with Gasteiger partial charge in [0.2, 0.25) is 11.8 Å². The van der Waals surface area contributed by atoms with E-state index in [-0.39, 0.29) is 5.91 Å². The zero-order chi connectivity index (χ0) is 15.4. The van der Waals surface area contributed by atoms with Gasteiger partial charge in [-0.05, 0) is 50.3 Å². The number of rotatable bonds is 4. The summed E-state index contributed by atoms with van der Waals surface area (Å²) in [5.74, 6) is -1.36. The molecule has 4 nitrogen and oxygen atoms in total. The lowest BCUT2D eigenvalue weighted by Crippen LogP contribution is -2.38. The number of benzene rings is 1. The van der Waals surface area contributed by atoms with Crippen LogP contribution in [0.2, 0.25) is 0 Å². The average molecular weight is 290 g/mol. The molecule has 0 saturated heterocycles. The van der Waals surface area contributed by atoms with E-state index in [1.807, 2.05) is 0 Å². The molecule has 0 aromatic heterocycles. The van der Waals surface area contributed by atoms with E-state index in [2.05, 4.69) is 5.32 Å². The van der Waals surface area contributed by atoms with E-state index in [0.717, 1.165) is 31.3 Å². The smallest absolute Gasteiger partial charge is 0.247 e. The Bertz CT molecular complexity index is 570. The molecule has 0 radical (unpaired) electrons. The molecule has 1 aromatic carbocycles. The van der Waals surface area contributed by atoms with E-state index in [9.17, 15) is 14.0 Å². The summed E-state index contributed by atoms with van der Waals surface area (Å²) in [6, 6.07) is 4.42. The Morgan fingerprint density at radius 2 is 1.76 bits per heavy atom. The van der Waals surface area contributed by atoms with Crippen molar-refractivity contribution in [2.45, 2.75) is 38.6 Å². The zero-order valence-corrected chi connectivity index (χ0v) is 12.0. The van der Waals surface area contributed by atoms with Crippen molar-refractivity contribution >= 4 is 11.8 Å². The molecule has 1 aromatic rings. The number of carbonyl (C=O) groups is 2. The summed E-state index contributed by atoms with van der Waals surface area (Å²) >= 11 is 0. The first-order valence-electron chi connectivity index (χ1n) is 7.03. The van der Waals surface area contributed by atoms with E-state index in [1.165, 1.54) is 24.3 Å². The molecular weight excluding hydrogens is 271 g/mol. The predicted octanol–water partition coefficient (Wildman–Crippen LogP) is 2.36. The molecule has 1 aliphatic rings. The number of amides is 2. The van der Waals surface area contributed by atoms with Gasteiger partial charge in [-0.1, -0.05) is 17.7 Å². The van der Waals surface area contributed by atoms with Crippen LogP contribution in [0.4, 0.5) is 4.39 Å². The predicted molar refractivity (Wildman–Crippen MR) is 77.6 cm³/mol. The molecule has 0 heterocycles. The first kappa shape index (κ1) is 15.2. The molecule has 21 heavy (non-hydrogen) atoms. The van der Waals surface area contributed by atoms with Gasteiger partial charge >= 0.3 is 0 Å². The molecule has 0 unspecified atom stereocenters. The van der Waals surface area contributed by atoms with Gasteiger partial charge in [-0.15, -0.1) is 0 Å². The maximum absolute atomic E-state index is 12.9. The third-order valence-electron chi connectivity index (χ3n) is 3.84. The van der Waals surface area contributed by atoms with Crippen LogP contribution in [0.3, 0.4) is 0 Å². The van der Waals surface area contributed by atoms with Crippen molar-refractivity contribution in [2.75, 3.05) is 0 Å². The lowest BCUT2D eigenvalue weighted by atomic mass is 10.0. The standard InChI is InChI=1S/C16H19FN2O2/c1-10(11-4-2-3-5-11)16(21)19-14(15(18)20)12-6-8-13(17)9-7-12/h6-9,14H,2-5H2,1H3,(H2,18,20)(H,19,21)/t14-/m1/s1. The number of carbonyl (C=O) groups excluding carboxylic acids is 2. The van der Waals surface area contributed by atoms with E-state index in [4.69, 9.17) is 5.73 Å². The lowest BCUT2D eigenvalue weighted by Gasteiger charge is -2.17. The maximum atomic E-state index is 12.9. The van der Waals surface area contributed by atoms with Crippen LogP contribution in [0.15, 0.2) is 35.4 Å². The van der Waals surface area contributed by atoms with E-state index < -0.39 is 17.8 Å². The van der Waals surface area contributed by atoms with Crippen molar-refractivity contribution in [1.29, 1.82) is 0 Å². The Balaban J connectivity index is 2.17. The minimum atomic E-state index is -0.949. The molecular formula is C16H19FN2O2. The number of hydrogen-bond donors (Lipinski definition) is 2. The fourth-order valence-electron chi connectivity index (χ4n) is 2.55. The number of allylic oxidation sites excluding steroid dienone is 1. The van der Waals surface area contributed by atoms with Crippen LogP contribution in [0, 0.1) is 5.82 Å². The number of nitrogens with two attached hydrogens (primary N) is 1. The van der Waals surface area contributed by atoms with Gasteiger partial charge in [0, 0.05) is 5.57 Å². The second-order valence-electron chi connectivity index (χ2n) is 5.30. The molecule has 1 atom stereocenters. The lowest BCUT2D eigenvalue weighted by molar-refractivity contribution is -0.125. The van der Waals surface area contributed by atoms with Gasteiger partial charge in [-0.25, -0.2) is 4.39 Å². The first-order valence-corrected chi connectivity index (χ1v) is 7.03. The maximum Gasteiger partial charge on any atom is 0.247 e. The Kier molecular flexibility index (Phi) is 4.73. The highest BCUT2D eigenvalue weighted by Gasteiger charge is 2.22. The van der Waals surface area contributed by atoms with Crippen molar-refractivity contribution in [1.82, 2.24) is 5.32 Å². The van der Waals surface area contributed by atoms with Crippen LogP contribution in [-0.4, -0.2) is 11.8 Å². The molecule has 5 heteroatoms. The minimum Gasteiger partial charge on any atom is -0.368 e. The minimum absolute atomic E-state index is 0.292. The molecule has 3 N–H and O–H groups in total. The third-order valence-corrected chi connectivity index (χ3v) is 3.84. The summed E-state index contributed by atoms with van der Waals surface area (Å²) in [5.41, 5.74) is 7.61. The quantitative estimate of drug-likeness (QED) is 0.836. The van der Waals surface area contributed by atoms with Crippen LogP contribution in [0.25, 0.3) is 0 Å². The summed E-state index contributed by atoms with van der Waals surface area (Å²) in [7, 11) is 0. The Labute approximate surface area is 123 Å². The largest absolute Gasteiger partial charge is 0.368 e. The van der Waals surface area contributed by atoms with Crippen LogP contribution >= 0.6 is 0 Å². The molecule has 112 valence electrons. The van der Waals surface area contributed by atoms with Crippen molar-refractivity contribution in [3.63, 3.8) is 0 Å². The highest BCUT2D eigenvalue weighted by molar-refractivity contribution is 5.97. The Hall–Kier alpha value is -2.17. The number of halogens is 1. The van der Waals surface area contributed by atoms with E-state index >= 15 is 0 Å².